The van der Waals surface area contributed by atoms with Gasteiger partial charge in [-0.1, -0.05) is 12.1 Å². The molecule has 23 heavy (non-hydrogen) atoms. The highest BCUT2D eigenvalue weighted by Crippen LogP contribution is 2.17. The average Bonchev–Trinajstić information content (AvgIpc) is 2.55. The van der Waals surface area contributed by atoms with Gasteiger partial charge in [0.1, 0.15) is 17.5 Å². The lowest BCUT2D eigenvalue weighted by Gasteiger charge is -2.22. The lowest BCUT2D eigenvalue weighted by Crippen LogP contribution is -3.07. The monoisotopic (exact) mass is 315 g/mol. The van der Waals surface area contributed by atoms with E-state index in [2.05, 4.69) is 5.32 Å². The van der Waals surface area contributed by atoms with Crippen molar-refractivity contribution in [1.82, 2.24) is 5.32 Å². The highest BCUT2D eigenvalue weighted by Gasteiger charge is 2.20. The number of ether oxygens (including phenoxy) is 1. The number of hydrogen-bond donors (Lipinski definition) is 3. The summed E-state index contributed by atoms with van der Waals surface area (Å²) < 4.78 is 5.17. The van der Waals surface area contributed by atoms with Gasteiger partial charge in [0.2, 0.25) is 0 Å². The summed E-state index contributed by atoms with van der Waals surface area (Å²) in [6, 6.07) is 14.5. The fourth-order valence-electron chi connectivity index (χ4n) is 2.45. The Labute approximate surface area is 136 Å². The van der Waals surface area contributed by atoms with E-state index in [9.17, 15) is 9.90 Å². The van der Waals surface area contributed by atoms with E-state index in [1.54, 1.807) is 25.3 Å². The van der Waals surface area contributed by atoms with E-state index in [4.69, 9.17) is 4.74 Å². The number of likely N-dealkylation sites (N-methyl/N-ethyl adjacent to an activating group) is 1. The highest BCUT2D eigenvalue weighted by atomic mass is 16.5. The lowest BCUT2D eigenvalue weighted by molar-refractivity contribution is -0.890. The molecule has 0 saturated heterocycles. The smallest absolute Gasteiger partial charge is 0.255 e. The van der Waals surface area contributed by atoms with Gasteiger partial charge in [-0.3, -0.25) is 4.79 Å². The third-order valence-electron chi connectivity index (χ3n) is 3.83. The van der Waals surface area contributed by atoms with Crippen LogP contribution >= 0.6 is 0 Å². The van der Waals surface area contributed by atoms with Crippen molar-refractivity contribution in [3.05, 3.63) is 59.7 Å². The Morgan fingerprint density at radius 3 is 2.39 bits per heavy atom. The number of nitrogens with one attached hydrogen (secondary N) is 2. The highest BCUT2D eigenvalue weighted by molar-refractivity contribution is 5.96. The third kappa shape index (κ3) is 4.23. The van der Waals surface area contributed by atoms with E-state index in [0.29, 0.717) is 6.54 Å². The van der Waals surface area contributed by atoms with Crippen molar-refractivity contribution in [2.75, 3.05) is 27.7 Å². The van der Waals surface area contributed by atoms with Gasteiger partial charge in [-0.2, -0.15) is 0 Å². The first-order valence-corrected chi connectivity index (χ1v) is 7.53. The van der Waals surface area contributed by atoms with Crippen LogP contribution in [0, 0.1) is 0 Å². The molecule has 1 amide bonds. The molecule has 0 saturated carbocycles. The Hall–Kier alpha value is -2.53. The average molecular weight is 315 g/mol. The molecule has 0 aliphatic heterocycles. The van der Waals surface area contributed by atoms with E-state index < -0.39 is 0 Å². The second-order valence-corrected chi connectivity index (χ2v) is 5.63. The van der Waals surface area contributed by atoms with Crippen LogP contribution in [0.1, 0.15) is 22.0 Å². The molecule has 0 heterocycles. The molecule has 0 unspecified atom stereocenters. The summed E-state index contributed by atoms with van der Waals surface area (Å²) in [5.41, 5.74) is 1.40. The van der Waals surface area contributed by atoms with Crippen LogP contribution in [-0.4, -0.2) is 38.8 Å². The number of para-hydroxylation sites is 1. The van der Waals surface area contributed by atoms with Gasteiger partial charge in [0.25, 0.3) is 5.91 Å². The summed E-state index contributed by atoms with van der Waals surface area (Å²) in [5.74, 6) is 0.519. The van der Waals surface area contributed by atoms with Gasteiger partial charge < -0.3 is 20.1 Å². The lowest BCUT2D eigenvalue weighted by atomic mass is 10.1. The van der Waals surface area contributed by atoms with Crippen LogP contribution in [0.3, 0.4) is 0 Å². The van der Waals surface area contributed by atoms with Crippen LogP contribution < -0.4 is 15.0 Å². The summed E-state index contributed by atoms with van der Waals surface area (Å²) >= 11 is 0. The quantitative estimate of drug-likeness (QED) is 0.746. The number of benzene rings is 2. The molecule has 1 atom stereocenters. The molecule has 2 rings (SSSR count). The zero-order chi connectivity index (χ0) is 16.8. The van der Waals surface area contributed by atoms with E-state index >= 15 is 0 Å². The second kappa shape index (κ2) is 7.65. The summed E-state index contributed by atoms with van der Waals surface area (Å²) in [5, 5.41) is 12.6. The van der Waals surface area contributed by atoms with Crippen molar-refractivity contribution < 1.29 is 19.5 Å². The number of amides is 1. The predicted octanol–water partition coefficient (Wildman–Crippen LogP) is 1.02. The second-order valence-electron chi connectivity index (χ2n) is 5.63. The zero-order valence-electron chi connectivity index (χ0n) is 13.7. The zero-order valence-corrected chi connectivity index (χ0v) is 13.7. The van der Waals surface area contributed by atoms with Crippen LogP contribution in [0.5, 0.6) is 11.5 Å². The molecule has 0 aliphatic rings. The molecule has 0 fully saturated rings. The Morgan fingerprint density at radius 1 is 1.17 bits per heavy atom. The number of phenols is 1. The Morgan fingerprint density at radius 2 is 1.83 bits per heavy atom. The number of hydrogen-bond acceptors (Lipinski definition) is 3. The fourth-order valence-corrected chi connectivity index (χ4v) is 2.45. The van der Waals surface area contributed by atoms with E-state index in [1.807, 2.05) is 38.4 Å². The molecule has 122 valence electrons. The largest absolute Gasteiger partial charge is 0.507 e. The van der Waals surface area contributed by atoms with Crippen LogP contribution in [0.2, 0.25) is 0 Å². The first-order valence-electron chi connectivity index (χ1n) is 7.53. The van der Waals surface area contributed by atoms with Crippen molar-refractivity contribution >= 4 is 5.91 Å². The molecule has 0 aromatic heterocycles. The van der Waals surface area contributed by atoms with Crippen molar-refractivity contribution in [1.29, 1.82) is 0 Å². The minimum absolute atomic E-state index is 0.0109. The number of carbonyl (C=O) groups excluding carboxylic acids is 1. The van der Waals surface area contributed by atoms with E-state index in [1.165, 1.54) is 11.0 Å². The van der Waals surface area contributed by atoms with Gasteiger partial charge in [0.15, 0.2) is 0 Å². The van der Waals surface area contributed by atoms with Crippen molar-refractivity contribution in [3.63, 3.8) is 0 Å². The number of rotatable bonds is 6. The van der Waals surface area contributed by atoms with Gasteiger partial charge in [0, 0.05) is 5.56 Å². The van der Waals surface area contributed by atoms with Crippen LogP contribution in [-0.2, 0) is 0 Å². The first kappa shape index (κ1) is 16.8. The van der Waals surface area contributed by atoms with Crippen molar-refractivity contribution in [3.8, 4) is 11.5 Å². The SMILES string of the molecule is COc1ccc([C@H](CNC(=O)c2ccccc2O)[NH+](C)C)cc1. The summed E-state index contributed by atoms with van der Waals surface area (Å²) in [4.78, 5) is 13.4. The maximum absolute atomic E-state index is 12.2. The summed E-state index contributed by atoms with van der Waals surface area (Å²) in [6.07, 6.45) is 0. The van der Waals surface area contributed by atoms with Gasteiger partial charge >= 0.3 is 0 Å². The minimum Gasteiger partial charge on any atom is -0.507 e. The molecular formula is C18H23N2O3+. The van der Waals surface area contributed by atoms with Crippen molar-refractivity contribution in [2.24, 2.45) is 0 Å². The topological polar surface area (TPSA) is 63.0 Å². The van der Waals surface area contributed by atoms with E-state index in [0.717, 1.165) is 11.3 Å². The third-order valence-corrected chi connectivity index (χ3v) is 3.83. The van der Waals surface area contributed by atoms with E-state index in [-0.39, 0.29) is 23.3 Å². The number of carbonyl (C=O) groups is 1. The van der Waals surface area contributed by atoms with Gasteiger partial charge in [-0.25, -0.2) is 0 Å². The Kier molecular flexibility index (Phi) is 5.60. The molecule has 2 aromatic carbocycles. The Bertz CT molecular complexity index is 654. The number of methoxy groups -OCH3 is 1. The van der Waals surface area contributed by atoms with Crippen LogP contribution in [0.15, 0.2) is 48.5 Å². The van der Waals surface area contributed by atoms with Gasteiger partial charge in [-0.05, 0) is 36.4 Å². The number of aromatic hydroxyl groups is 1. The predicted molar refractivity (Wildman–Crippen MR) is 89.0 cm³/mol. The first-order chi connectivity index (χ1) is 11.0. The molecule has 0 bridgehead atoms. The Balaban J connectivity index is 2.08. The van der Waals surface area contributed by atoms with Crippen LogP contribution in [0.4, 0.5) is 0 Å². The number of quaternary nitrogens is 1. The van der Waals surface area contributed by atoms with Crippen molar-refractivity contribution in [2.45, 2.75) is 6.04 Å². The standard InChI is InChI=1S/C18H22N2O3/c1-20(2)16(13-8-10-14(23-3)11-9-13)12-19-18(22)15-6-4-5-7-17(15)21/h4-11,16,21H,12H2,1-3H3,(H,19,22)/p+1/t16-/m0/s1. The summed E-state index contributed by atoms with van der Waals surface area (Å²) in [7, 11) is 5.72. The molecule has 0 radical (unpaired) electrons. The molecule has 0 spiro atoms. The molecule has 5 heteroatoms. The molecule has 0 aliphatic carbocycles. The van der Waals surface area contributed by atoms with Gasteiger partial charge in [-0.15, -0.1) is 0 Å². The van der Waals surface area contributed by atoms with Crippen LogP contribution in [0.25, 0.3) is 0 Å². The fraction of sp³-hybridized carbons (Fsp3) is 0.278. The molecular weight excluding hydrogens is 292 g/mol. The summed E-state index contributed by atoms with van der Waals surface area (Å²) in [6.45, 7) is 0.474. The maximum atomic E-state index is 12.2. The normalized spacial score (nSPS) is 12.0. The molecule has 3 N–H and O–H groups in total. The minimum atomic E-state index is -0.275. The molecule has 5 nitrogen and oxygen atoms in total. The van der Waals surface area contributed by atoms with Gasteiger partial charge in [0.05, 0.1) is 33.3 Å². The maximum Gasteiger partial charge on any atom is 0.255 e. The number of phenolic OH excluding ortho intramolecular Hbond substituents is 1. The molecule has 2 aromatic rings.